The molecule has 2 aliphatic rings. The van der Waals surface area contributed by atoms with Crippen LogP contribution in [-0.4, -0.2) is 50.1 Å². The highest BCUT2D eigenvalue weighted by atomic mass is 19.1. The lowest BCUT2D eigenvalue weighted by Crippen LogP contribution is -2.40. The van der Waals surface area contributed by atoms with E-state index in [-0.39, 0.29) is 5.91 Å². The fraction of sp³-hybridized carbons (Fsp3) is 0.231. The number of hydrogen-bond donors (Lipinski definition) is 1. The van der Waals surface area contributed by atoms with Gasteiger partial charge in [-0.3, -0.25) is 9.59 Å². The Hall–Kier alpha value is -3.71. The van der Waals surface area contributed by atoms with Crippen molar-refractivity contribution in [1.29, 1.82) is 0 Å². The van der Waals surface area contributed by atoms with Crippen LogP contribution in [-0.2, 0) is 11.2 Å². The minimum absolute atomic E-state index is 0.0341. The Morgan fingerprint density at radius 2 is 1.76 bits per heavy atom. The summed E-state index contributed by atoms with van der Waals surface area (Å²) >= 11 is 0. The molecule has 0 spiro atoms. The van der Waals surface area contributed by atoms with Gasteiger partial charge < -0.3 is 20.1 Å². The molecule has 0 aromatic heterocycles. The number of fused-ring (bicyclic) bond motifs is 3. The molecule has 1 saturated heterocycles. The standard InChI is InChI=1S/C26H23FN2O4/c1-32-18-3-5-20(24(27)14-18)17-12-21-19-4-2-15(26(31)29-6-8-33-9-7-29)10-16(19)11-22(21)23(13-17)25(28)30/h2-5,10,12-14H,6-9,11H2,1H3,(H2,28,30). The average Bonchev–Trinajstić information content (AvgIpc) is 3.21. The minimum atomic E-state index is -0.570. The van der Waals surface area contributed by atoms with Crippen LogP contribution in [0, 0.1) is 5.82 Å². The number of carbonyl (C=O) groups excluding carboxylic acids is 2. The molecule has 5 rings (SSSR count). The number of nitrogens with two attached hydrogens (primary N) is 1. The van der Waals surface area contributed by atoms with Gasteiger partial charge in [0.15, 0.2) is 0 Å². The second-order valence-corrected chi connectivity index (χ2v) is 8.21. The molecule has 2 N–H and O–H groups in total. The first-order chi connectivity index (χ1) is 16.0. The molecule has 0 bridgehead atoms. The first-order valence-corrected chi connectivity index (χ1v) is 10.8. The Kier molecular flexibility index (Phi) is 5.34. The van der Waals surface area contributed by atoms with E-state index in [9.17, 15) is 14.0 Å². The summed E-state index contributed by atoms with van der Waals surface area (Å²) in [5.41, 5.74) is 11.1. The number of rotatable bonds is 4. The summed E-state index contributed by atoms with van der Waals surface area (Å²) in [6.07, 6.45) is 0.485. The topological polar surface area (TPSA) is 81.9 Å². The van der Waals surface area contributed by atoms with Crippen LogP contribution in [0.3, 0.4) is 0 Å². The van der Waals surface area contributed by atoms with Crippen molar-refractivity contribution in [3.8, 4) is 28.0 Å². The SMILES string of the molecule is COc1ccc(-c2cc(C(N)=O)c3c(c2)-c2ccc(C(=O)N4CCOCC4)cc2C3)c(F)c1. The number of nitrogens with zero attached hydrogens (tertiary/aromatic N) is 1. The van der Waals surface area contributed by atoms with Gasteiger partial charge in [0.25, 0.3) is 5.91 Å². The Morgan fingerprint density at radius 1 is 1.00 bits per heavy atom. The minimum Gasteiger partial charge on any atom is -0.497 e. The first-order valence-electron chi connectivity index (χ1n) is 10.8. The Labute approximate surface area is 190 Å². The summed E-state index contributed by atoms with van der Waals surface area (Å²) in [7, 11) is 1.48. The van der Waals surface area contributed by atoms with E-state index >= 15 is 0 Å². The van der Waals surface area contributed by atoms with Crippen LogP contribution in [0.1, 0.15) is 31.8 Å². The molecule has 6 nitrogen and oxygen atoms in total. The third-order valence-corrected chi connectivity index (χ3v) is 6.31. The van der Waals surface area contributed by atoms with Crippen molar-refractivity contribution in [2.24, 2.45) is 5.73 Å². The number of amides is 2. The van der Waals surface area contributed by atoms with Gasteiger partial charge in [-0.2, -0.15) is 0 Å². The van der Waals surface area contributed by atoms with Crippen LogP contribution < -0.4 is 10.5 Å². The van der Waals surface area contributed by atoms with Crippen molar-refractivity contribution in [3.63, 3.8) is 0 Å². The number of halogens is 1. The van der Waals surface area contributed by atoms with Crippen LogP contribution in [0.4, 0.5) is 4.39 Å². The zero-order valence-electron chi connectivity index (χ0n) is 18.2. The first kappa shape index (κ1) is 21.2. The van der Waals surface area contributed by atoms with E-state index in [4.69, 9.17) is 15.2 Å². The van der Waals surface area contributed by atoms with Gasteiger partial charge in [0.1, 0.15) is 11.6 Å². The fourth-order valence-electron chi connectivity index (χ4n) is 4.61. The lowest BCUT2D eigenvalue weighted by Gasteiger charge is -2.27. The molecule has 168 valence electrons. The molecule has 0 atom stereocenters. The van der Waals surface area contributed by atoms with Crippen LogP contribution >= 0.6 is 0 Å². The molecule has 3 aromatic rings. The monoisotopic (exact) mass is 446 g/mol. The number of hydrogen-bond acceptors (Lipinski definition) is 4. The highest BCUT2D eigenvalue weighted by molar-refractivity contribution is 6.01. The van der Waals surface area contributed by atoms with Crippen LogP contribution in [0.2, 0.25) is 0 Å². The summed E-state index contributed by atoms with van der Waals surface area (Å²) < 4.78 is 25.2. The van der Waals surface area contributed by atoms with Crippen LogP contribution in [0.15, 0.2) is 48.5 Å². The van der Waals surface area contributed by atoms with Crippen LogP contribution in [0.25, 0.3) is 22.3 Å². The molecule has 2 amide bonds. The molecule has 1 heterocycles. The number of morpholine rings is 1. The molecule has 0 unspecified atom stereocenters. The van der Waals surface area contributed by atoms with Gasteiger partial charge in [0.05, 0.1) is 20.3 Å². The highest BCUT2D eigenvalue weighted by Gasteiger charge is 2.27. The molecule has 1 aliphatic heterocycles. The normalized spacial score (nSPS) is 14.5. The quantitative estimate of drug-likeness (QED) is 0.519. The molecule has 3 aromatic carbocycles. The van der Waals surface area contributed by atoms with Gasteiger partial charge in [-0.25, -0.2) is 4.39 Å². The van der Waals surface area contributed by atoms with Crippen molar-refractivity contribution in [1.82, 2.24) is 4.90 Å². The van der Waals surface area contributed by atoms with Gasteiger partial charge in [0.2, 0.25) is 5.91 Å². The molecule has 7 heteroatoms. The number of ether oxygens (including phenoxy) is 2. The van der Waals surface area contributed by atoms with E-state index in [1.807, 2.05) is 18.2 Å². The predicted octanol–water partition coefficient (Wildman–Crippen LogP) is 3.64. The third-order valence-electron chi connectivity index (χ3n) is 6.31. The second kappa shape index (κ2) is 8.33. The third kappa shape index (κ3) is 3.74. The summed E-state index contributed by atoms with van der Waals surface area (Å²) in [4.78, 5) is 27.0. The molecular weight excluding hydrogens is 423 g/mol. The molecule has 1 aliphatic carbocycles. The van der Waals surface area contributed by atoms with Crippen molar-refractivity contribution >= 4 is 11.8 Å². The van der Waals surface area contributed by atoms with E-state index < -0.39 is 11.7 Å². The number of benzene rings is 3. The molecule has 1 fully saturated rings. The average molecular weight is 446 g/mol. The van der Waals surface area contributed by atoms with Crippen molar-refractivity contribution in [2.75, 3.05) is 33.4 Å². The lowest BCUT2D eigenvalue weighted by atomic mass is 9.93. The van der Waals surface area contributed by atoms with Crippen LogP contribution in [0.5, 0.6) is 5.75 Å². The van der Waals surface area contributed by atoms with E-state index in [2.05, 4.69) is 0 Å². The van der Waals surface area contributed by atoms with E-state index in [1.165, 1.54) is 13.2 Å². The lowest BCUT2D eigenvalue weighted by molar-refractivity contribution is 0.0303. The number of primary amides is 1. The zero-order valence-corrected chi connectivity index (χ0v) is 18.2. The van der Waals surface area contributed by atoms with Gasteiger partial charge in [0, 0.05) is 35.8 Å². The maximum atomic E-state index is 14.8. The Morgan fingerprint density at radius 3 is 2.45 bits per heavy atom. The van der Waals surface area contributed by atoms with E-state index in [0.717, 1.165) is 22.3 Å². The molecule has 33 heavy (non-hydrogen) atoms. The maximum Gasteiger partial charge on any atom is 0.254 e. The maximum absolute atomic E-state index is 14.8. The van der Waals surface area contributed by atoms with Gasteiger partial charge in [-0.15, -0.1) is 0 Å². The van der Waals surface area contributed by atoms with E-state index in [0.29, 0.717) is 60.7 Å². The summed E-state index contributed by atoms with van der Waals surface area (Å²) in [5.74, 6) is -0.641. The Balaban J connectivity index is 1.56. The van der Waals surface area contributed by atoms with E-state index in [1.54, 1.807) is 29.2 Å². The zero-order chi connectivity index (χ0) is 23.1. The molecular formula is C26H23FN2O4. The summed E-state index contributed by atoms with van der Waals surface area (Å²) in [6.45, 7) is 2.21. The van der Waals surface area contributed by atoms with Gasteiger partial charge in [-0.05, 0) is 70.6 Å². The molecule has 0 saturated carbocycles. The van der Waals surface area contributed by atoms with Crippen molar-refractivity contribution in [3.05, 3.63) is 76.6 Å². The second-order valence-electron chi connectivity index (χ2n) is 8.21. The smallest absolute Gasteiger partial charge is 0.254 e. The highest BCUT2D eigenvalue weighted by Crippen LogP contribution is 2.42. The Bertz CT molecular complexity index is 1280. The summed E-state index contributed by atoms with van der Waals surface area (Å²) in [5, 5.41) is 0. The predicted molar refractivity (Wildman–Crippen MR) is 122 cm³/mol. The van der Waals surface area contributed by atoms with Crippen molar-refractivity contribution in [2.45, 2.75) is 6.42 Å². The number of carbonyl (C=O) groups is 2. The fourth-order valence-corrected chi connectivity index (χ4v) is 4.61. The number of methoxy groups -OCH3 is 1. The van der Waals surface area contributed by atoms with Gasteiger partial charge >= 0.3 is 0 Å². The molecule has 0 radical (unpaired) electrons. The summed E-state index contributed by atoms with van der Waals surface area (Å²) in [6, 6.07) is 13.7. The van der Waals surface area contributed by atoms with Crippen molar-refractivity contribution < 1.29 is 23.5 Å². The van der Waals surface area contributed by atoms with Gasteiger partial charge in [-0.1, -0.05) is 6.07 Å². The largest absolute Gasteiger partial charge is 0.497 e.